The van der Waals surface area contributed by atoms with Gasteiger partial charge in [-0.15, -0.1) is 0 Å². The fraction of sp³-hybridized carbons (Fsp3) is 0.231. The summed E-state index contributed by atoms with van der Waals surface area (Å²) in [6.45, 7) is 0. The second-order valence-electron chi connectivity index (χ2n) is 4.03. The quantitative estimate of drug-likeness (QED) is 0.931. The van der Waals surface area contributed by atoms with Gasteiger partial charge < -0.3 is 10.5 Å². The van der Waals surface area contributed by atoms with Crippen LogP contribution in [-0.4, -0.2) is 7.11 Å². The molecule has 0 amide bonds. The summed E-state index contributed by atoms with van der Waals surface area (Å²) in [5.41, 5.74) is 6.39. The predicted molar refractivity (Wildman–Crippen MR) is 68.3 cm³/mol. The molecule has 0 fully saturated rings. The normalized spacial score (nSPS) is 13.3. The molecule has 2 rings (SSSR count). The van der Waals surface area contributed by atoms with Crippen LogP contribution in [0, 0.1) is 0 Å². The highest BCUT2D eigenvalue weighted by molar-refractivity contribution is 7.08. The average molecular weight is 287 g/mol. The summed E-state index contributed by atoms with van der Waals surface area (Å²) < 4.78 is 43.3. The maximum atomic E-state index is 12.8. The summed E-state index contributed by atoms with van der Waals surface area (Å²) in [4.78, 5) is 0. The molecule has 1 aromatic heterocycles. The molecule has 0 spiro atoms. The first-order valence-corrected chi connectivity index (χ1v) is 6.40. The number of thiophene rings is 1. The van der Waals surface area contributed by atoms with Gasteiger partial charge in [-0.3, -0.25) is 0 Å². The Kier molecular flexibility index (Phi) is 3.82. The lowest BCUT2D eigenvalue weighted by atomic mass is 9.99. The molecular formula is C13H12F3NOS. The fourth-order valence-electron chi connectivity index (χ4n) is 1.73. The molecular weight excluding hydrogens is 275 g/mol. The van der Waals surface area contributed by atoms with E-state index in [1.807, 2.05) is 10.8 Å². The Hall–Kier alpha value is -1.53. The minimum absolute atomic E-state index is 0.149. The number of nitrogens with two attached hydrogens (primary N) is 1. The van der Waals surface area contributed by atoms with Gasteiger partial charge in [0, 0.05) is 0 Å². The molecule has 1 atom stereocenters. The molecule has 0 saturated carbocycles. The van der Waals surface area contributed by atoms with Crippen LogP contribution in [0.5, 0.6) is 5.75 Å². The number of methoxy groups -OCH3 is 1. The molecule has 0 saturated heterocycles. The van der Waals surface area contributed by atoms with Gasteiger partial charge in [-0.05, 0) is 46.2 Å². The molecule has 0 aliphatic carbocycles. The second-order valence-corrected chi connectivity index (χ2v) is 4.81. The highest BCUT2D eigenvalue weighted by Crippen LogP contribution is 2.35. The van der Waals surface area contributed by atoms with E-state index < -0.39 is 17.8 Å². The average Bonchev–Trinajstić information content (AvgIpc) is 2.90. The number of hydrogen-bond acceptors (Lipinski definition) is 3. The topological polar surface area (TPSA) is 35.2 Å². The van der Waals surface area contributed by atoms with Crippen molar-refractivity contribution >= 4 is 11.3 Å². The summed E-state index contributed by atoms with van der Waals surface area (Å²) in [6, 6.07) is 4.75. The van der Waals surface area contributed by atoms with Crippen molar-refractivity contribution in [3.05, 3.63) is 51.7 Å². The smallest absolute Gasteiger partial charge is 0.416 e. The van der Waals surface area contributed by atoms with Crippen LogP contribution in [0.3, 0.4) is 0 Å². The van der Waals surface area contributed by atoms with Gasteiger partial charge in [-0.2, -0.15) is 24.5 Å². The van der Waals surface area contributed by atoms with E-state index in [2.05, 4.69) is 0 Å². The highest BCUT2D eigenvalue weighted by Gasteiger charge is 2.32. The Morgan fingerprint density at radius 3 is 2.47 bits per heavy atom. The molecule has 19 heavy (non-hydrogen) atoms. The SMILES string of the molecule is COc1cc([C@@H](N)c2ccsc2)cc(C(F)(F)F)c1. The van der Waals surface area contributed by atoms with Crippen molar-refractivity contribution < 1.29 is 17.9 Å². The standard InChI is InChI=1S/C13H12F3NOS/c1-18-11-5-9(4-10(6-11)13(14,15)16)12(17)8-2-3-19-7-8/h2-7,12H,17H2,1H3/t12-/m0/s1. The molecule has 2 nitrogen and oxygen atoms in total. The minimum atomic E-state index is -4.42. The molecule has 0 unspecified atom stereocenters. The number of rotatable bonds is 3. The van der Waals surface area contributed by atoms with Gasteiger partial charge in [0.05, 0.1) is 18.7 Å². The molecule has 0 aliphatic rings. The maximum Gasteiger partial charge on any atom is 0.416 e. The Balaban J connectivity index is 2.45. The van der Waals surface area contributed by atoms with E-state index in [0.29, 0.717) is 5.56 Å². The lowest BCUT2D eigenvalue weighted by molar-refractivity contribution is -0.137. The first kappa shape index (κ1) is 13.9. The van der Waals surface area contributed by atoms with Crippen LogP contribution in [-0.2, 0) is 6.18 Å². The molecule has 1 heterocycles. The van der Waals surface area contributed by atoms with E-state index in [-0.39, 0.29) is 5.75 Å². The van der Waals surface area contributed by atoms with Gasteiger partial charge >= 0.3 is 6.18 Å². The monoisotopic (exact) mass is 287 g/mol. The van der Waals surface area contributed by atoms with E-state index in [1.165, 1.54) is 24.5 Å². The Morgan fingerprint density at radius 1 is 1.21 bits per heavy atom. The zero-order chi connectivity index (χ0) is 14.0. The number of hydrogen-bond donors (Lipinski definition) is 1. The van der Waals surface area contributed by atoms with Crippen LogP contribution < -0.4 is 10.5 Å². The van der Waals surface area contributed by atoms with Crippen molar-refractivity contribution in [1.29, 1.82) is 0 Å². The lowest BCUT2D eigenvalue weighted by Gasteiger charge is -2.15. The second kappa shape index (κ2) is 5.22. The van der Waals surface area contributed by atoms with Crippen molar-refractivity contribution in [2.45, 2.75) is 12.2 Å². The molecule has 2 aromatic rings. The third-order valence-electron chi connectivity index (χ3n) is 2.75. The molecule has 0 radical (unpaired) electrons. The first-order valence-electron chi connectivity index (χ1n) is 5.45. The Morgan fingerprint density at radius 2 is 1.95 bits per heavy atom. The van der Waals surface area contributed by atoms with Crippen LogP contribution in [0.15, 0.2) is 35.0 Å². The van der Waals surface area contributed by atoms with Crippen molar-refractivity contribution in [3.8, 4) is 5.75 Å². The minimum Gasteiger partial charge on any atom is -0.497 e. The third-order valence-corrected chi connectivity index (χ3v) is 3.45. The largest absolute Gasteiger partial charge is 0.497 e. The summed E-state index contributed by atoms with van der Waals surface area (Å²) in [6.07, 6.45) is -4.42. The van der Waals surface area contributed by atoms with E-state index >= 15 is 0 Å². The van der Waals surface area contributed by atoms with Gasteiger partial charge in [0.2, 0.25) is 0 Å². The van der Waals surface area contributed by atoms with E-state index in [0.717, 1.165) is 17.7 Å². The molecule has 2 N–H and O–H groups in total. The van der Waals surface area contributed by atoms with Crippen LogP contribution in [0.1, 0.15) is 22.7 Å². The fourth-order valence-corrected chi connectivity index (χ4v) is 2.42. The zero-order valence-corrected chi connectivity index (χ0v) is 10.9. The van der Waals surface area contributed by atoms with Crippen molar-refractivity contribution in [1.82, 2.24) is 0 Å². The molecule has 6 heteroatoms. The Labute approximate surface area is 112 Å². The van der Waals surface area contributed by atoms with Crippen molar-refractivity contribution in [2.75, 3.05) is 7.11 Å². The van der Waals surface area contributed by atoms with Gasteiger partial charge in [-0.1, -0.05) is 0 Å². The van der Waals surface area contributed by atoms with Crippen LogP contribution in [0.4, 0.5) is 13.2 Å². The number of benzene rings is 1. The maximum absolute atomic E-state index is 12.8. The summed E-state index contributed by atoms with van der Waals surface area (Å²) in [5.74, 6) is 0.149. The van der Waals surface area contributed by atoms with Gasteiger partial charge in [0.25, 0.3) is 0 Å². The van der Waals surface area contributed by atoms with Gasteiger partial charge in [-0.25, -0.2) is 0 Å². The number of alkyl halides is 3. The van der Waals surface area contributed by atoms with Crippen molar-refractivity contribution in [3.63, 3.8) is 0 Å². The molecule has 1 aromatic carbocycles. The highest BCUT2D eigenvalue weighted by atomic mass is 32.1. The van der Waals surface area contributed by atoms with E-state index in [4.69, 9.17) is 10.5 Å². The molecule has 0 aliphatic heterocycles. The van der Waals surface area contributed by atoms with Crippen molar-refractivity contribution in [2.24, 2.45) is 5.73 Å². The van der Waals surface area contributed by atoms with E-state index in [1.54, 1.807) is 6.07 Å². The third kappa shape index (κ3) is 3.08. The first-order chi connectivity index (χ1) is 8.91. The predicted octanol–water partition coefficient (Wildman–Crippen LogP) is 3.82. The summed E-state index contributed by atoms with van der Waals surface area (Å²) in [5, 5.41) is 3.65. The number of halogens is 3. The van der Waals surface area contributed by atoms with Crippen LogP contribution in [0.2, 0.25) is 0 Å². The van der Waals surface area contributed by atoms with Crippen LogP contribution in [0.25, 0.3) is 0 Å². The summed E-state index contributed by atoms with van der Waals surface area (Å²) in [7, 11) is 1.33. The van der Waals surface area contributed by atoms with Gasteiger partial charge in [0.15, 0.2) is 0 Å². The molecule has 102 valence electrons. The zero-order valence-electron chi connectivity index (χ0n) is 10.1. The van der Waals surface area contributed by atoms with Crippen LogP contribution >= 0.6 is 11.3 Å². The molecule has 0 bridgehead atoms. The Bertz CT molecular complexity index is 552. The number of ether oxygens (including phenoxy) is 1. The van der Waals surface area contributed by atoms with E-state index in [9.17, 15) is 13.2 Å². The summed E-state index contributed by atoms with van der Waals surface area (Å²) >= 11 is 1.45. The van der Waals surface area contributed by atoms with Gasteiger partial charge in [0.1, 0.15) is 5.75 Å². The lowest BCUT2D eigenvalue weighted by Crippen LogP contribution is -2.13.